The highest BCUT2D eigenvalue weighted by atomic mass is 16.6. The van der Waals surface area contributed by atoms with Crippen LogP contribution in [-0.2, 0) is 9.47 Å². The highest BCUT2D eigenvalue weighted by Crippen LogP contribution is 2.29. The number of esters is 1. The van der Waals surface area contributed by atoms with Crippen molar-refractivity contribution in [3.63, 3.8) is 0 Å². The van der Waals surface area contributed by atoms with Crippen LogP contribution in [0, 0.1) is 13.8 Å². The number of anilines is 1. The molecule has 2 aromatic heterocycles. The number of ether oxygens (including phenoxy) is 4. The molecule has 0 fully saturated rings. The first-order valence-electron chi connectivity index (χ1n) is 9.88. The second kappa shape index (κ2) is 10.5. The standard InChI is InChI=1S/C23H25N3O6/c1-14-19(23(28)31-13-12-29-3)15(2)25-20(14)21(27)26-18-6-5-11-24-22(18)32-17-9-7-16(30-4)8-10-17/h5-11,25H,12-13H2,1-4H3,(H,26,27). The van der Waals surface area contributed by atoms with E-state index >= 15 is 0 Å². The fourth-order valence-corrected chi connectivity index (χ4v) is 3.08. The van der Waals surface area contributed by atoms with Gasteiger partial charge in [0.15, 0.2) is 0 Å². The van der Waals surface area contributed by atoms with Gasteiger partial charge in [0.2, 0.25) is 5.88 Å². The Morgan fingerprint density at radius 1 is 1.03 bits per heavy atom. The van der Waals surface area contributed by atoms with Gasteiger partial charge >= 0.3 is 5.97 Å². The summed E-state index contributed by atoms with van der Waals surface area (Å²) >= 11 is 0. The van der Waals surface area contributed by atoms with Gasteiger partial charge in [0.25, 0.3) is 5.91 Å². The Bertz CT molecular complexity index is 1090. The van der Waals surface area contributed by atoms with Crippen molar-refractivity contribution in [3.05, 3.63) is 65.1 Å². The number of methoxy groups -OCH3 is 2. The second-order valence-corrected chi connectivity index (χ2v) is 6.84. The number of amides is 1. The first-order valence-corrected chi connectivity index (χ1v) is 9.88. The lowest BCUT2D eigenvalue weighted by Crippen LogP contribution is -2.15. The summed E-state index contributed by atoms with van der Waals surface area (Å²) in [6.45, 7) is 3.81. The van der Waals surface area contributed by atoms with Gasteiger partial charge in [0.1, 0.15) is 29.5 Å². The lowest BCUT2D eigenvalue weighted by Gasteiger charge is -2.11. The minimum Gasteiger partial charge on any atom is -0.497 e. The van der Waals surface area contributed by atoms with Crippen molar-refractivity contribution < 1.29 is 28.5 Å². The molecule has 0 spiro atoms. The van der Waals surface area contributed by atoms with Crippen LogP contribution in [0.3, 0.4) is 0 Å². The average Bonchev–Trinajstić information content (AvgIpc) is 3.09. The SMILES string of the molecule is COCCOC(=O)c1c(C)[nH]c(C(=O)Nc2cccnc2Oc2ccc(OC)cc2)c1C. The molecule has 3 aromatic rings. The van der Waals surface area contributed by atoms with Crippen LogP contribution in [0.25, 0.3) is 0 Å². The average molecular weight is 439 g/mol. The van der Waals surface area contributed by atoms with Crippen molar-refractivity contribution in [2.45, 2.75) is 13.8 Å². The summed E-state index contributed by atoms with van der Waals surface area (Å²) in [5, 5.41) is 2.79. The Kier molecular flexibility index (Phi) is 7.45. The number of aromatic nitrogens is 2. The summed E-state index contributed by atoms with van der Waals surface area (Å²) in [5.74, 6) is 0.506. The van der Waals surface area contributed by atoms with Crippen LogP contribution in [0.5, 0.6) is 17.4 Å². The summed E-state index contributed by atoms with van der Waals surface area (Å²) in [7, 11) is 3.10. The van der Waals surface area contributed by atoms with E-state index in [0.29, 0.717) is 40.6 Å². The predicted octanol–water partition coefficient (Wildman–Crippen LogP) is 3.88. The molecule has 0 bridgehead atoms. The molecule has 9 heteroatoms. The quantitative estimate of drug-likeness (QED) is 0.384. The number of hydrogen-bond acceptors (Lipinski definition) is 7. The van der Waals surface area contributed by atoms with Crippen molar-refractivity contribution in [1.29, 1.82) is 0 Å². The third-order valence-electron chi connectivity index (χ3n) is 4.68. The maximum atomic E-state index is 13.0. The Balaban J connectivity index is 1.78. The van der Waals surface area contributed by atoms with Crippen molar-refractivity contribution in [1.82, 2.24) is 9.97 Å². The molecular formula is C23H25N3O6. The van der Waals surface area contributed by atoms with Gasteiger partial charge in [-0.2, -0.15) is 0 Å². The number of nitrogens with zero attached hydrogens (tertiary/aromatic N) is 1. The lowest BCUT2D eigenvalue weighted by atomic mass is 10.1. The summed E-state index contributed by atoms with van der Waals surface area (Å²) in [6.07, 6.45) is 1.56. The van der Waals surface area contributed by atoms with E-state index in [1.807, 2.05) is 0 Å². The van der Waals surface area contributed by atoms with Gasteiger partial charge in [-0.15, -0.1) is 0 Å². The van der Waals surface area contributed by atoms with E-state index in [1.54, 1.807) is 63.6 Å². The molecule has 0 aliphatic carbocycles. The molecule has 0 aliphatic heterocycles. The number of aromatic amines is 1. The van der Waals surface area contributed by atoms with Crippen LogP contribution in [-0.4, -0.2) is 49.3 Å². The maximum absolute atomic E-state index is 13.0. The molecule has 0 saturated carbocycles. The Labute approximate surface area is 185 Å². The predicted molar refractivity (Wildman–Crippen MR) is 118 cm³/mol. The number of H-pyrrole nitrogens is 1. The van der Waals surface area contributed by atoms with Crippen LogP contribution >= 0.6 is 0 Å². The summed E-state index contributed by atoms with van der Waals surface area (Å²) in [6, 6.07) is 10.3. The Hall–Kier alpha value is -3.85. The minimum atomic E-state index is -0.516. The molecule has 9 nitrogen and oxygen atoms in total. The number of carbonyl (C=O) groups excluding carboxylic acids is 2. The largest absolute Gasteiger partial charge is 0.497 e. The van der Waals surface area contributed by atoms with E-state index < -0.39 is 11.9 Å². The number of nitrogens with one attached hydrogen (secondary N) is 2. The molecule has 1 amide bonds. The number of pyridine rings is 1. The summed E-state index contributed by atoms with van der Waals surface area (Å²) in [5.41, 5.74) is 1.98. The van der Waals surface area contributed by atoms with Gasteiger partial charge in [-0.3, -0.25) is 4.79 Å². The van der Waals surface area contributed by atoms with Crippen molar-refractivity contribution in [3.8, 4) is 17.4 Å². The molecule has 0 unspecified atom stereocenters. The third kappa shape index (κ3) is 5.25. The molecule has 0 aliphatic rings. The summed E-state index contributed by atoms with van der Waals surface area (Å²) in [4.78, 5) is 32.5. The fourth-order valence-electron chi connectivity index (χ4n) is 3.08. The van der Waals surface area contributed by atoms with Crippen LogP contribution in [0.4, 0.5) is 5.69 Å². The zero-order chi connectivity index (χ0) is 23.1. The van der Waals surface area contributed by atoms with Gasteiger partial charge in [-0.1, -0.05) is 0 Å². The first-order chi connectivity index (χ1) is 15.4. The van der Waals surface area contributed by atoms with E-state index in [0.717, 1.165) is 0 Å². The highest BCUT2D eigenvalue weighted by Gasteiger charge is 2.24. The maximum Gasteiger partial charge on any atom is 0.340 e. The summed E-state index contributed by atoms with van der Waals surface area (Å²) < 4.78 is 21.0. The Morgan fingerprint density at radius 2 is 1.75 bits per heavy atom. The first kappa shape index (κ1) is 22.8. The monoisotopic (exact) mass is 439 g/mol. The number of hydrogen-bond donors (Lipinski definition) is 2. The van der Waals surface area contributed by atoms with E-state index in [2.05, 4.69) is 15.3 Å². The van der Waals surface area contributed by atoms with Crippen molar-refractivity contribution in [2.75, 3.05) is 32.8 Å². The number of benzene rings is 1. The molecule has 0 atom stereocenters. The number of rotatable bonds is 9. The minimum absolute atomic E-state index is 0.128. The third-order valence-corrected chi connectivity index (χ3v) is 4.68. The molecule has 0 radical (unpaired) electrons. The topological polar surface area (TPSA) is 112 Å². The highest BCUT2D eigenvalue weighted by molar-refractivity contribution is 6.07. The van der Waals surface area contributed by atoms with E-state index in [1.165, 1.54) is 7.11 Å². The van der Waals surface area contributed by atoms with Gasteiger partial charge in [-0.25, -0.2) is 9.78 Å². The zero-order valence-corrected chi connectivity index (χ0v) is 18.4. The molecule has 2 N–H and O–H groups in total. The Morgan fingerprint density at radius 3 is 2.44 bits per heavy atom. The van der Waals surface area contributed by atoms with Crippen LogP contribution < -0.4 is 14.8 Å². The van der Waals surface area contributed by atoms with Crippen molar-refractivity contribution in [2.24, 2.45) is 0 Å². The fraction of sp³-hybridized carbons (Fsp3) is 0.261. The van der Waals surface area contributed by atoms with E-state index in [4.69, 9.17) is 18.9 Å². The second-order valence-electron chi connectivity index (χ2n) is 6.84. The number of carbonyl (C=O) groups is 2. The molecule has 32 heavy (non-hydrogen) atoms. The molecule has 3 rings (SSSR count). The zero-order valence-electron chi connectivity index (χ0n) is 18.4. The van der Waals surface area contributed by atoms with Gasteiger partial charge < -0.3 is 29.2 Å². The van der Waals surface area contributed by atoms with E-state index in [9.17, 15) is 9.59 Å². The van der Waals surface area contributed by atoms with Gasteiger partial charge in [0, 0.05) is 19.0 Å². The smallest absolute Gasteiger partial charge is 0.340 e. The lowest BCUT2D eigenvalue weighted by molar-refractivity contribution is 0.0386. The van der Waals surface area contributed by atoms with Gasteiger partial charge in [0.05, 0.1) is 19.3 Å². The molecule has 0 saturated heterocycles. The molecule has 2 heterocycles. The number of aryl methyl sites for hydroxylation is 1. The normalized spacial score (nSPS) is 10.5. The molecule has 168 valence electrons. The van der Waals surface area contributed by atoms with Crippen molar-refractivity contribution >= 4 is 17.6 Å². The molecule has 1 aromatic carbocycles. The van der Waals surface area contributed by atoms with Crippen LogP contribution in [0.1, 0.15) is 32.1 Å². The van der Waals surface area contributed by atoms with Crippen LogP contribution in [0.15, 0.2) is 42.6 Å². The van der Waals surface area contributed by atoms with E-state index in [-0.39, 0.29) is 18.2 Å². The van der Waals surface area contributed by atoms with Crippen LogP contribution in [0.2, 0.25) is 0 Å². The van der Waals surface area contributed by atoms with Gasteiger partial charge in [-0.05, 0) is 55.8 Å². The molecular weight excluding hydrogens is 414 g/mol.